The molecule has 1 saturated heterocycles. The SMILES string of the molecule is Cc1ccc(S(=O)(=O)c2nc(-c3ccc(F)cc3)n(CC[C@@H]3C[C@@H](O)CC(C)(C)O3)c2C(C)C)cc1. The van der Waals surface area contributed by atoms with Gasteiger partial charge in [0.05, 0.1) is 28.4 Å². The van der Waals surface area contributed by atoms with Gasteiger partial charge in [-0.05, 0) is 75.9 Å². The maximum atomic E-state index is 13.8. The first-order valence-electron chi connectivity index (χ1n) is 12.4. The lowest BCUT2D eigenvalue weighted by Crippen LogP contribution is -2.42. The lowest BCUT2D eigenvalue weighted by Gasteiger charge is -2.39. The summed E-state index contributed by atoms with van der Waals surface area (Å²) < 4.78 is 49.4. The van der Waals surface area contributed by atoms with Crippen LogP contribution >= 0.6 is 0 Å². The van der Waals surface area contributed by atoms with E-state index in [1.54, 1.807) is 36.4 Å². The van der Waals surface area contributed by atoms with Gasteiger partial charge in [-0.2, -0.15) is 0 Å². The zero-order valence-corrected chi connectivity index (χ0v) is 22.3. The van der Waals surface area contributed by atoms with Crippen LogP contribution < -0.4 is 0 Å². The van der Waals surface area contributed by atoms with Gasteiger partial charge in [-0.1, -0.05) is 31.5 Å². The molecule has 0 saturated carbocycles. The van der Waals surface area contributed by atoms with E-state index in [-0.39, 0.29) is 27.8 Å². The third-order valence-corrected chi connectivity index (χ3v) is 8.33. The molecule has 1 aliphatic rings. The van der Waals surface area contributed by atoms with Crippen molar-refractivity contribution >= 4 is 9.84 Å². The van der Waals surface area contributed by atoms with Crippen molar-refractivity contribution in [1.29, 1.82) is 0 Å². The van der Waals surface area contributed by atoms with Gasteiger partial charge in [0, 0.05) is 18.5 Å². The molecule has 1 N–H and O–H groups in total. The van der Waals surface area contributed by atoms with Crippen LogP contribution in [-0.4, -0.2) is 40.9 Å². The summed E-state index contributed by atoms with van der Waals surface area (Å²) in [5, 5.41) is 10.4. The van der Waals surface area contributed by atoms with Gasteiger partial charge in [0.25, 0.3) is 0 Å². The third kappa shape index (κ3) is 5.56. The Hall–Kier alpha value is -2.55. The third-order valence-electron chi connectivity index (χ3n) is 6.63. The maximum Gasteiger partial charge on any atom is 0.225 e. The van der Waals surface area contributed by atoms with Crippen molar-refractivity contribution in [2.75, 3.05) is 0 Å². The van der Waals surface area contributed by atoms with Crippen LogP contribution in [0.1, 0.15) is 64.1 Å². The van der Waals surface area contributed by atoms with Gasteiger partial charge < -0.3 is 14.4 Å². The minimum absolute atomic E-state index is 0.0191. The molecule has 36 heavy (non-hydrogen) atoms. The first-order chi connectivity index (χ1) is 16.9. The predicted octanol–water partition coefficient (Wildman–Crippen LogP) is 5.66. The van der Waals surface area contributed by atoms with E-state index in [0.29, 0.717) is 42.9 Å². The molecule has 4 rings (SSSR count). The fraction of sp³-hybridized carbons (Fsp3) is 0.464. The summed E-state index contributed by atoms with van der Waals surface area (Å²) in [6.45, 7) is 10.2. The molecule has 1 fully saturated rings. The molecular weight excluding hydrogens is 479 g/mol. The molecule has 2 heterocycles. The van der Waals surface area contributed by atoms with Crippen LogP contribution in [0.5, 0.6) is 0 Å². The summed E-state index contributed by atoms with van der Waals surface area (Å²) in [5.41, 5.74) is 1.77. The van der Waals surface area contributed by atoms with Gasteiger partial charge in [-0.3, -0.25) is 0 Å². The lowest BCUT2D eigenvalue weighted by molar-refractivity contribution is -0.146. The molecule has 0 aliphatic carbocycles. The lowest BCUT2D eigenvalue weighted by atomic mass is 9.91. The summed E-state index contributed by atoms with van der Waals surface area (Å²) >= 11 is 0. The molecule has 0 spiro atoms. The Balaban J connectivity index is 1.81. The Bertz CT molecular complexity index is 1310. The van der Waals surface area contributed by atoms with Crippen LogP contribution in [0, 0.1) is 12.7 Å². The molecule has 6 nitrogen and oxygen atoms in total. The van der Waals surface area contributed by atoms with Gasteiger partial charge in [-0.25, -0.2) is 17.8 Å². The van der Waals surface area contributed by atoms with Gasteiger partial charge in [0.2, 0.25) is 9.84 Å². The van der Waals surface area contributed by atoms with Crippen molar-refractivity contribution in [3.05, 3.63) is 65.6 Å². The standard InChI is InChI=1S/C28H35FN2O4S/c1-18(2)25-27(36(33,34)24-12-6-19(3)7-13-24)30-26(20-8-10-21(29)11-9-20)31(25)15-14-23-16-22(32)17-28(4,5)35-23/h6-13,18,22-23,32H,14-17H2,1-5H3/t22-,23-/m1/s1. The number of rotatable bonds is 7. The number of aliphatic hydroxyl groups excluding tert-OH is 1. The molecule has 1 aromatic heterocycles. The largest absolute Gasteiger partial charge is 0.393 e. The Kier molecular flexibility index (Phi) is 7.42. The highest BCUT2D eigenvalue weighted by Gasteiger charge is 2.35. The number of sulfone groups is 1. The molecule has 2 atom stereocenters. The van der Waals surface area contributed by atoms with Crippen molar-refractivity contribution in [2.45, 2.75) is 94.1 Å². The zero-order valence-electron chi connectivity index (χ0n) is 21.5. The zero-order chi connectivity index (χ0) is 26.3. The summed E-state index contributed by atoms with van der Waals surface area (Å²) in [6, 6.07) is 12.7. The smallest absolute Gasteiger partial charge is 0.225 e. The van der Waals surface area contributed by atoms with Crippen molar-refractivity contribution in [2.24, 2.45) is 0 Å². The number of aromatic nitrogens is 2. The van der Waals surface area contributed by atoms with Gasteiger partial charge in [-0.15, -0.1) is 0 Å². The van der Waals surface area contributed by atoms with E-state index in [0.717, 1.165) is 5.56 Å². The number of hydrogen-bond donors (Lipinski definition) is 1. The molecule has 194 valence electrons. The minimum Gasteiger partial charge on any atom is -0.393 e. The summed E-state index contributed by atoms with van der Waals surface area (Å²) in [4.78, 5) is 4.86. The molecular formula is C28H35FN2O4S. The Labute approximate surface area is 213 Å². The van der Waals surface area contributed by atoms with Gasteiger partial charge in [0.15, 0.2) is 5.03 Å². The second-order valence-electron chi connectivity index (χ2n) is 10.6. The van der Waals surface area contributed by atoms with Crippen molar-refractivity contribution in [3.8, 4) is 11.4 Å². The van der Waals surface area contributed by atoms with Gasteiger partial charge >= 0.3 is 0 Å². The molecule has 3 aromatic rings. The number of imidazole rings is 1. The fourth-order valence-corrected chi connectivity index (χ4v) is 6.57. The minimum atomic E-state index is -3.90. The van der Waals surface area contributed by atoms with Crippen LogP contribution in [0.2, 0.25) is 0 Å². The average molecular weight is 515 g/mol. The van der Waals surface area contributed by atoms with Crippen LogP contribution in [0.15, 0.2) is 58.5 Å². The van der Waals surface area contributed by atoms with Crippen LogP contribution in [0.3, 0.4) is 0 Å². The van der Waals surface area contributed by atoms with Crippen LogP contribution in [0.4, 0.5) is 4.39 Å². The highest BCUT2D eigenvalue weighted by Crippen LogP contribution is 2.35. The number of ether oxygens (including phenoxy) is 1. The number of halogens is 1. The van der Waals surface area contributed by atoms with E-state index in [9.17, 15) is 17.9 Å². The van der Waals surface area contributed by atoms with Crippen LogP contribution in [0.25, 0.3) is 11.4 Å². The van der Waals surface area contributed by atoms with E-state index in [2.05, 4.69) is 4.98 Å². The average Bonchev–Trinajstić information content (AvgIpc) is 3.18. The Morgan fingerprint density at radius 2 is 1.78 bits per heavy atom. The van der Waals surface area contributed by atoms with E-state index in [4.69, 9.17) is 4.74 Å². The van der Waals surface area contributed by atoms with E-state index in [1.807, 2.05) is 39.2 Å². The molecule has 0 amide bonds. The Morgan fingerprint density at radius 3 is 2.36 bits per heavy atom. The van der Waals surface area contributed by atoms with E-state index < -0.39 is 21.5 Å². The predicted molar refractivity (Wildman–Crippen MR) is 137 cm³/mol. The summed E-state index contributed by atoms with van der Waals surface area (Å²) in [6.07, 6.45) is 1.06. The second kappa shape index (κ2) is 10.1. The van der Waals surface area contributed by atoms with Crippen molar-refractivity contribution < 1.29 is 22.7 Å². The molecule has 0 unspecified atom stereocenters. The van der Waals surface area contributed by atoms with E-state index >= 15 is 0 Å². The highest BCUT2D eigenvalue weighted by atomic mass is 32.2. The monoisotopic (exact) mass is 514 g/mol. The molecule has 0 bridgehead atoms. The quantitative estimate of drug-likeness (QED) is 0.440. The molecule has 2 aromatic carbocycles. The second-order valence-corrected chi connectivity index (χ2v) is 12.5. The first kappa shape index (κ1) is 26.5. The fourth-order valence-electron chi connectivity index (χ4n) is 5.03. The summed E-state index contributed by atoms with van der Waals surface area (Å²) in [5.74, 6) is -0.0449. The number of aliphatic hydroxyl groups is 1. The normalized spacial score (nSPS) is 20.1. The number of nitrogens with zero attached hydrogens (tertiary/aromatic N) is 2. The van der Waals surface area contributed by atoms with Crippen LogP contribution in [-0.2, 0) is 21.1 Å². The Morgan fingerprint density at radius 1 is 1.14 bits per heavy atom. The number of hydrogen-bond acceptors (Lipinski definition) is 5. The maximum absolute atomic E-state index is 13.8. The van der Waals surface area contributed by atoms with E-state index in [1.165, 1.54) is 12.1 Å². The molecule has 1 aliphatic heterocycles. The number of aryl methyl sites for hydroxylation is 1. The molecule has 8 heteroatoms. The van der Waals surface area contributed by atoms with Gasteiger partial charge in [0.1, 0.15) is 11.6 Å². The number of benzene rings is 2. The highest BCUT2D eigenvalue weighted by molar-refractivity contribution is 7.91. The first-order valence-corrected chi connectivity index (χ1v) is 13.9. The van der Waals surface area contributed by atoms with Crippen molar-refractivity contribution in [1.82, 2.24) is 9.55 Å². The van der Waals surface area contributed by atoms with Crippen molar-refractivity contribution in [3.63, 3.8) is 0 Å². The molecule has 0 radical (unpaired) electrons. The topological polar surface area (TPSA) is 81.4 Å². The summed E-state index contributed by atoms with van der Waals surface area (Å²) in [7, 11) is -3.90.